The summed E-state index contributed by atoms with van der Waals surface area (Å²) in [6.45, 7) is 3.30. The molecule has 0 unspecified atom stereocenters. The first-order chi connectivity index (χ1) is 8.77. The molecule has 0 bridgehead atoms. The second-order valence-corrected chi connectivity index (χ2v) is 5.02. The Hall–Kier alpha value is -1.32. The molecule has 0 saturated heterocycles. The summed E-state index contributed by atoms with van der Waals surface area (Å²) in [4.78, 5) is 5.54. The zero-order chi connectivity index (χ0) is 12.8. The Balaban J connectivity index is 1.74. The molecule has 0 spiro atoms. The fraction of sp³-hybridized carbons (Fsp3) is 0.467. The minimum absolute atomic E-state index is 1.05. The molecule has 0 saturated carbocycles. The first-order valence-electron chi connectivity index (χ1n) is 6.68. The van der Waals surface area contributed by atoms with Crippen LogP contribution in [0.1, 0.15) is 12.0 Å². The van der Waals surface area contributed by atoms with E-state index in [-0.39, 0.29) is 0 Å². The van der Waals surface area contributed by atoms with Gasteiger partial charge in [-0.15, -0.1) is 0 Å². The smallest absolute Gasteiger partial charge is 0.0456 e. The van der Waals surface area contributed by atoms with E-state index in [1.54, 1.807) is 0 Å². The van der Waals surface area contributed by atoms with Crippen LogP contribution < -0.4 is 5.32 Å². The van der Waals surface area contributed by atoms with E-state index in [9.17, 15) is 0 Å². The van der Waals surface area contributed by atoms with Crippen LogP contribution >= 0.6 is 0 Å². The van der Waals surface area contributed by atoms with Crippen molar-refractivity contribution < 1.29 is 0 Å². The van der Waals surface area contributed by atoms with Gasteiger partial charge in [-0.25, -0.2) is 0 Å². The highest BCUT2D eigenvalue weighted by Crippen LogP contribution is 2.17. The van der Waals surface area contributed by atoms with E-state index in [1.807, 2.05) is 0 Å². The quantitative estimate of drug-likeness (QED) is 0.733. The minimum Gasteiger partial charge on any atom is -0.361 e. The number of benzene rings is 1. The Morgan fingerprint density at radius 2 is 2.00 bits per heavy atom. The van der Waals surface area contributed by atoms with Crippen LogP contribution in [0.3, 0.4) is 0 Å². The number of hydrogen-bond acceptors (Lipinski definition) is 2. The molecule has 18 heavy (non-hydrogen) atoms. The number of fused-ring (bicyclic) bond motifs is 1. The zero-order valence-electron chi connectivity index (χ0n) is 11.4. The average Bonchev–Trinajstić information content (AvgIpc) is 2.77. The standard InChI is InChI=1S/C15H23N3/c1-18(2)11-5-9-16-10-8-13-12-17-15-7-4-3-6-14(13)15/h3-4,6-7,12,16-17H,5,8-11H2,1-2H3. The van der Waals surface area contributed by atoms with Crippen molar-refractivity contribution in [1.29, 1.82) is 0 Å². The van der Waals surface area contributed by atoms with Gasteiger partial charge in [0.2, 0.25) is 0 Å². The molecule has 1 aromatic heterocycles. The first kappa shape index (κ1) is 13.1. The largest absolute Gasteiger partial charge is 0.361 e. The molecule has 1 aromatic carbocycles. The van der Waals surface area contributed by atoms with E-state index in [1.165, 1.54) is 22.9 Å². The molecule has 98 valence electrons. The number of para-hydroxylation sites is 1. The van der Waals surface area contributed by atoms with E-state index in [0.717, 1.165) is 26.1 Å². The van der Waals surface area contributed by atoms with E-state index >= 15 is 0 Å². The molecule has 0 aliphatic carbocycles. The number of H-pyrrole nitrogens is 1. The van der Waals surface area contributed by atoms with Crippen molar-refractivity contribution in [2.45, 2.75) is 12.8 Å². The van der Waals surface area contributed by atoms with Crippen molar-refractivity contribution in [3.8, 4) is 0 Å². The maximum atomic E-state index is 3.50. The van der Waals surface area contributed by atoms with Gasteiger partial charge < -0.3 is 15.2 Å². The fourth-order valence-electron chi connectivity index (χ4n) is 2.21. The molecule has 0 fully saturated rings. The molecule has 2 aromatic rings. The maximum Gasteiger partial charge on any atom is 0.0456 e. The van der Waals surface area contributed by atoms with Crippen molar-refractivity contribution in [3.05, 3.63) is 36.0 Å². The van der Waals surface area contributed by atoms with Crippen LogP contribution in [0.2, 0.25) is 0 Å². The Kier molecular flexibility index (Phi) is 4.79. The average molecular weight is 245 g/mol. The third kappa shape index (κ3) is 3.59. The first-order valence-corrected chi connectivity index (χ1v) is 6.68. The summed E-state index contributed by atoms with van der Waals surface area (Å²) < 4.78 is 0. The van der Waals surface area contributed by atoms with Gasteiger partial charge in [-0.2, -0.15) is 0 Å². The van der Waals surface area contributed by atoms with Crippen molar-refractivity contribution in [2.75, 3.05) is 33.7 Å². The van der Waals surface area contributed by atoms with Crippen molar-refractivity contribution in [3.63, 3.8) is 0 Å². The molecule has 3 nitrogen and oxygen atoms in total. The number of hydrogen-bond donors (Lipinski definition) is 2. The SMILES string of the molecule is CN(C)CCCNCCc1c[nH]c2ccccc12. The van der Waals surface area contributed by atoms with Gasteiger partial charge in [0, 0.05) is 17.1 Å². The van der Waals surface area contributed by atoms with Crippen LogP contribution in [0.25, 0.3) is 10.9 Å². The zero-order valence-corrected chi connectivity index (χ0v) is 11.4. The van der Waals surface area contributed by atoms with Gasteiger partial charge in [0.15, 0.2) is 0 Å². The lowest BCUT2D eigenvalue weighted by atomic mass is 10.1. The lowest BCUT2D eigenvalue weighted by Gasteiger charge is -2.09. The highest BCUT2D eigenvalue weighted by atomic mass is 15.0. The summed E-state index contributed by atoms with van der Waals surface area (Å²) in [7, 11) is 4.23. The predicted molar refractivity (Wildman–Crippen MR) is 78.0 cm³/mol. The number of aromatic nitrogens is 1. The molecule has 0 aliphatic heterocycles. The Morgan fingerprint density at radius 3 is 2.83 bits per heavy atom. The van der Waals surface area contributed by atoms with Gasteiger partial charge in [-0.3, -0.25) is 0 Å². The van der Waals surface area contributed by atoms with Crippen LogP contribution in [-0.2, 0) is 6.42 Å². The summed E-state index contributed by atoms with van der Waals surface area (Å²) in [5.41, 5.74) is 2.64. The lowest BCUT2D eigenvalue weighted by Crippen LogP contribution is -2.22. The van der Waals surface area contributed by atoms with Crippen molar-refractivity contribution >= 4 is 10.9 Å². The van der Waals surface area contributed by atoms with E-state index in [2.05, 4.69) is 59.8 Å². The maximum absolute atomic E-state index is 3.50. The number of rotatable bonds is 7. The Labute approximate surface area is 109 Å². The van der Waals surface area contributed by atoms with Gasteiger partial charge in [-0.05, 0) is 58.2 Å². The van der Waals surface area contributed by atoms with Crippen LogP contribution in [0.5, 0.6) is 0 Å². The second kappa shape index (κ2) is 6.57. The third-order valence-corrected chi connectivity index (χ3v) is 3.20. The number of aromatic amines is 1. The molecule has 3 heteroatoms. The van der Waals surface area contributed by atoms with E-state index in [0.29, 0.717) is 0 Å². The highest BCUT2D eigenvalue weighted by molar-refractivity contribution is 5.83. The van der Waals surface area contributed by atoms with Crippen LogP contribution in [-0.4, -0.2) is 43.6 Å². The fourth-order valence-corrected chi connectivity index (χ4v) is 2.21. The normalized spacial score (nSPS) is 11.5. The molecular formula is C15H23N3. The summed E-state index contributed by atoms with van der Waals surface area (Å²) in [5, 5.41) is 4.86. The van der Waals surface area contributed by atoms with Gasteiger partial charge >= 0.3 is 0 Å². The van der Waals surface area contributed by atoms with Gasteiger partial charge in [0.1, 0.15) is 0 Å². The molecule has 1 heterocycles. The molecular weight excluding hydrogens is 222 g/mol. The van der Waals surface area contributed by atoms with Crippen molar-refractivity contribution in [1.82, 2.24) is 15.2 Å². The van der Waals surface area contributed by atoms with E-state index in [4.69, 9.17) is 0 Å². The predicted octanol–water partition coefficient (Wildman–Crippen LogP) is 2.25. The van der Waals surface area contributed by atoms with Gasteiger partial charge in [0.25, 0.3) is 0 Å². The lowest BCUT2D eigenvalue weighted by molar-refractivity contribution is 0.395. The Morgan fingerprint density at radius 1 is 1.17 bits per heavy atom. The topological polar surface area (TPSA) is 31.1 Å². The van der Waals surface area contributed by atoms with Crippen LogP contribution in [0.15, 0.2) is 30.5 Å². The van der Waals surface area contributed by atoms with E-state index < -0.39 is 0 Å². The number of nitrogens with zero attached hydrogens (tertiary/aromatic N) is 1. The second-order valence-electron chi connectivity index (χ2n) is 5.02. The molecule has 0 aliphatic rings. The van der Waals surface area contributed by atoms with Gasteiger partial charge in [-0.1, -0.05) is 18.2 Å². The highest BCUT2D eigenvalue weighted by Gasteiger charge is 2.01. The van der Waals surface area contributed by atoms with Crippen LogP contribution in [0, 0.1) is 0 Å². The van der Waals surface area contributed by atoms with Gasteiger partial charge in [0.05, 0.1) is 0 Å². The molecule has 0 amide bonds. The van der Waals surface area contributed by atoms with Crippen LogP contribution in [0.4, 0.5) is 0 Å². The molecule has 0 radical (unpaired) electrons. The summed E-state index contributed by atoms with van der Waals surface area (Å²) >= 11 is 0. The third-order valence-electron chi connectivity index (χ3n) is 3.20. The molecule has 2 rings (SSSR count). The van der Waals surface area contributed by atoms with Crippen molar-refractivity contribution in [2.24, 2.45) is 0 Å². The summed E-state index contributed by atoms with van der Waals surface area (Å²) in [6, 6.07) is 8.49. The summed E-state index contributed by atoms with van der Waals surface area (Å²) in [6.07, 6.45) is 4.43. The molecule has 0 atom stereocenters. The molecule has 2 N–H and O–H groups in total. The Bertz CT molecular complexity index is 473. The monoisotopic (exact) mass is 245 g/mol. The minimum atomic E-state index is 1.05. The summed E-state index contributed by atoms with van der Waals surface area (Å²) in [5.74, 6) is 0. The number of nitrogens with one attached hydrogen (secondary N) is 2.